The molecule has 0 aromatic heterocycles. The van der Waals surface area contributed by atoms with Crippen molar-refractivity contribution in [2.75, 3.05) is 22.9 Å². The van der Waals surface area contributed by atoms with Gasteiger partial charge in [0.05, 0.1) is 0 Å². The molecule has 122 heavy (non-hydrogen) atoms. The Hall–Kier alpha value is -11.8. The number of rotatable bonds is 12. The van der Waals surface area contributed by atoms with Gasteiger partial charge >= 0.3 is 0 Å². The molecule has 0 bridgehead atoms. The summed E-state index contributed by atoms with van der Waals surface area (Å²) in [6, 6.07) is 63.7. The van der Waals surface area contributed by atoms with Crippen molar-refractivity contribution < 1.29 is 40.9 Å². The summed E-state index contributed by atoms with van der Waals surface area (Å²) in [5.41, 5.74) is 51.9. The van der Waals surface area contributed by atoms with E-state index in [1.807, 2.05) is 233 Å². The maximum Gasteiger partial charge on any atom is 0.123 e. The maximum absolute atomic E-state index is 11.9. The van der Waals surface area contributed by atoms with Crippen molar-refractivity contribution in [3.63, 3.8) is 0 Å². The van der Waals surface area contributed by atoms with Crippen LogP contribution in [-0.2, 0) is 32.5 Å². The number of benzene rings is 12. The Kier molecular flexibility index (Phi) is 27.9. The first-order chi connectivity index (χ1) is 56.4. The van der Waals surface area contributed by atoms with Gasteiger partial charge in [0.15, 0.2) is 0 Å². The summed E-state index contributed by atoms with van der Waals surface area (Å²) in [6.45, 7) is 58.1. The normalized spacial score (nSPS) is 12.1. The highest BCUT2D eigenvalue weighted by Gasteiger charge is 2.36. The van der Waals surface area contributed by atoms with Gasteiger partial charge in [-0.25, -0.2) is 0 Å². The number of nitrogen functional groups attached to an aromatic ring is 4. The maximum atomic E-state index is 11.9. The Balaban J connectivity index is 0.000000187. The molecule has 12 nitrogen and oxygen atoms in total. The zero-order valence-electron chi connectivity index (χ0n) is 77.7. The highest BCUT2D eigenvalue weighted by Crippen LogP contribution is 2.53. The van der Waals surface area contributed by atoms with Crippen molar-refractivity contribution in [2.24, 2.45) is 0 Å². The Morgan fingerprint density at radius 3 is 0.631 bits per heavy atom. The third-order valence-electron chi connectivity index (χ3n) is 23.3. The monoisotopic (exact) mass is 1640 g/mol. The molecule has 12 aromatic carbocycles. The molecule has 0 unspecified atom stereocenters. The topological polar surface area (TPSA) is 266 Å². The summed E-state index contributed by atoms with van der Waals surface area (Å²) < 4.78 is 0. The van der Waals surface area contributed by atoms with E-state index in [-0.39, 0.29) is 84.7 Å². The van der Waals surface area contributed by atoms with Gasteiger partial charge in [0, 0.05) is 79.8 Å². The lowest BCUT2D eigenvalue weighted by Gasteiger charge is -2.32. The zero-order valence-corrected chi connectivity index (χ0v) is 77.7. The van der Waals surface area contributed by atoms with Crippen LogP contribution in [0.15, 0.2) is 194 Å². The molecule has 12 aromatic rings. The van der Waals surface area contributed by atoms with Gasteiger partial charge in [-0.3, -0.25) is 0 Å². The van der Waals surface area contributed by atoms with E-state index in [2.05, 4.69) is 155 Å². The van der Waals surface area contributed by atoms with E-state index in [9.17, 15) is 40.9 Å². The summed E-state index contributed by atoms with van der Waals surface area (Å²) in [5, 5.41) is 88.7. The molecule has 0 radical (unpaired) electrons. The Bertz CT molecular complexity index is 5530. The molecule has 12 heteroatoms. The molecule has 0 atom stereocenters. The number of hydrogen-bond donors (Lipinski definition) is 12. The highest BCUT2D eigenvalue weighted by molar-refractivity contribution is 5.66. The number of phenolic OH excluding ortho intramolecular Hbond substituents is 8. The largest absolute Gasteiger partial charge is 0.507 e. The van der Waals surface area contributed by atoms with Crippen LogP contribution in [0.3, 0.4) is 0 Å². The number of anilines is 4. The van der Waals surface area contributed by atoms with Crippen molar-refractivity contribution in [1.82, 2.24) is 0 Å². The molecule has 0 amide bonds. The van der Waals surface area contributed by atoms with Gasteiger partial charge in [0.1, 0.15) is 46.0 Å². The van der Waals surface area contributed by atoms with Crippen LogP contribution in [-0.4, -0.2) is 40.9 Å². The van der Waals surface area contributed by atoms with Crippen LogP contribution in [0.25, 0.3) is 0 Å². The van der Waals surface area contributed by atoms with Crippen LogP contribution in [0.4, 0.5) is 22.7 Å². The number of nitrogens with two attached hydrogens (primary N) is 4. The van der Waals surface area contributed by atoms with E-state index in [1.165, 1.54) is 0 Å². The minimum absolute atomic E-state index is 0.0329. The van der Waals surface area contributed by atoms with Crippen LogP contribution in [0.1, 0.15) is 304 Å². The van der Waals surface area contributed by atoms with Crippen LogP contribution >= 0.6 is 0 Å². The predicted molar refractivity (Wildman–Crippen MR) is 512 cm³/mol. The fourth-order valence-corrected chi connectivity index (χ4v) is 16.8. The first-order valence-corrected chi connectivity index (χ1v) is 42.4. The molecule has 0 saturated heterocycles. The van der Waals surface area contributed by atoms with Gasteiger partial charge in [0.2, 0.25) is 0 Å². The van der Waals surface area contributed by atoms with Crippen LogP contribution in [0, 0.1) is 69.2 Å². The molecule has 0 aliphatic heterocycles. The lowest BCUT2D eigenvalue weighted by Crippen LogP contribution is -2.20. The second kappa shape index (κ2) is 36.1. The molecule has 0 heterocycles. The van der Waals surface area contributed by atoms with Gasteiger partial charge in [-0.1, -0.05) is 292 Å². The third-order valence-corrected chi connectivity index (χ3v) is 23.3. The van der Waals surface area contributed by atoms with Gasteiger partial charge < -0.3 is 63.8 Å². The van der Waals surface area contributed by atoms with E-state index in [0.717, 1.165) is 156 Å². The molecule has 644 valence electrons. The Labute approximate surface area is 728 Å². The average molecular weight is 1640 g/mol. The van der Waals surface area contributed by atoms with E-state index < -0.39 is 5.92 Å². The van der Waals surface area contributed by atoms with Crippen LogP contribution < -0.4 is 22.9 Å². The number of hydrogen-bond acceptors (Lipinski definition) is 12. The summed E-state index contributed by atoms with van der Waals surface area (Å²) >= 11 is 0. The van der Waals surface area contributed by atoms with Crippen molar-refractivity contribution in [2.45, 2.75) is 250 Å². The van der Waals surface area contributed by atoms with Crippen LogP contribution in [0.5, 0.6) is 46.0 Å². The first kappa shape index (κ1) is 94.1. The number of phenols is 8. The second-order valence-corrected chi connectivity index (χ2v) is 40.4. The molecule has 0 fully saturated rings. The highest BCUT2D eigenvalue weighted by atomic mass is 16.3. The number of aromatic hydroxyl groups is 8. The van der Waals surface area contributed by atoms with Crippen molar-refractivity contribution >= 4 is 22.7 Å². The SMILES string of the molecule is CC(C)(C)c1cc(C(c2cccc(N)c2)c2cc(C(C)(C)C)cc(C(C)(C)C)c2O)c(O)c(C(C)(C)C)c1.Cc1cc(C(c2cccc(N)c2)c2cc(C)c(O)c(C)c2)cc(C)c1O.Cc1cc(C(c2cccc(N)c2)c2cc(C)cc(C(C)(C)C)c2O)c(O)c(C(C)(C)C)c1.Cc1cc(C)c(O)c(C(c2cccc(N)c2)c2cc(C)cc(C)c2O)c1. The fourth-order valence-electron chi connectivity index (χ4n) is 16.8. The summed E-state index contributed by atoms with van der Waals surface area (Å²) in [7, 11) is 0. The molecule has 0 spiro atoms. The quantitative estimate of drug-likeness (QED) is 0.0402. The molecular weight excluding hydrogens is 1510 g/mol. The Morgan fingerprint density at radius 2 is 0.402 bits per heavy atom. The molecular formula is C110H136N4O8. The van der Waals surface area contributed by atoms with Crippen molar-refractivity contribution in [3.8, 4) is 46.0 Å². The minimum atomic E-state index is -0.412. The van der Waals surface area contributed by atoms with E-state index >= 15 is 0 Å². The fraction of sp³-hybridized carbons (Fsp3) is 0.345. The summed E-state index contributed by atoms with van der Waals surface area (Å²) in [5.74, 6) is 1.14. The standard InChI is InChI=1S/C35H49NO2.C29H37NO2.2C23H25NO2/c1-32(2,3)22-17-25(30(37)27(19-22)34(7,8)9)29(21-14-13-15-24(36)16-21)26-18-23(33(4,5)6)20-28(31(26)38)35(10,11)12;1-17-12-21(26(31)23(14-17)28(3,4)5)25(19-10-9-11-20(30)16-19)22-13-18(2)15-24(27(22)32)29(6,7)8;1-13-8-18(9-14(2)22(13)25)21(17-6-5-7-20(24)12-17)19-10-15(3)23(26)16(4)11-19;1-13-8-15(3)22(25)19(10-13)21(17-6-5-7-18(24)12-17)20-11-14(2)9-16(4)23(20)26/h13-20,29,37-38H,36H2,1-12H3;9-16,25,31-32H,30H2,1-8H3;2*5-12,21,25-26H,24H2,1-4H3. The zero-order chi connectivity index (χ0) is 91.0. The lowest BCUT2D eigenvalue weighted by atomic mass is 9.72. The van der Waals surface area contributed by atoms with E-state index in [4.69, 9.17) is 22.9 Å². The predicted octanol–water partition coefficient (Wildman–Crippen LogP) is 26.3. The smallest absolute Gasteiger partial charge is 0.123 e. The molecule has 16 N–H and O–H groups in total. The average Bonchev–Trinajstić information content (AvgIpc) is 0.734. The van der Waals surface area contributed by atoms with E-state index in [1.54, 1.807) is 0 Å². The lowest BCUT2D eigenvalue weighted by molar-refractivity contribution is 0.428. The van der Waals surface area contributed by atoms with Crippen molar-refractivity contribution in [3.05, 3.63) is 350 Å². The van der Waals surface area contributed by atoms with Crippen LogP contribution in [0.2, 0.25) is 0 Å². The number of aryl methyl sites for hydroxylation is 10. The van der Waals surface area contributed by atoms with Gasteiger partial charge in [0.25, 0.3) is 0 Å². The van der Waals surface area contributed by atoms with Crippen molar-refractivity contribution in [1.29, 1.82) is 0 Å². The summed E-state index contributed by atoms with van der Waals surface area (Å²) in [6.07, 6.45) is 0. The Morgan fingerprint density at radius 1 is 0.197 bits per heavy atom. The first-order valence-electron chi connectivity index (χ1n) is 42.4. The molecule has 12 rings (SSSR count). The molecule has 0 aliphatic rings. The third kappa shape index (κ3) is 21.6. The molecule has 0 saturated carbocycles. The van der Waals surface area contributed by atoms with E-state index in [0.29, 0.717) is 34.2 Å². The van der Waals surface area contributed by atoms with Gasteiger partial charge in [-0.05, 0) is 250 Å². The van der Waals surface area contributed by atoms with Gasteiger partial charge in [-0.15, -0.1) is 0 Å². The summed E-state index contributed by atoms with van der Waals surface area (Å²) in [4.78, 5) is 0. The minimum Gasteiger partial charge on any atom is -0.507 e. The second-order valence-electron chi connectivity index (χ2n) is 40.4. The van der Waals surface area contributed by atoms with Gasteiger partial charge in [-0.2, -0.15) is 0 Å². The molecule has 0 aliphatic carbocycles.